The van der Waals surface area contributed by atoms with E-state index in [1.807, 2.05) is 0 Å². The number of hydrogen-bond donors (Lipinski definition) is 1. The number of carbonyl (C=O) groups is 1. The highest BCUT2D eigenvalue weighted by Crippen LogP contribution is 2.24. The number of nitro benzene ring substituents is 1. The molecule has 108 valence electrons. The number of nitrogens with zero attached hydrogens (tertiary/aromatic N) is 2. The van der Waals surface area contributed by atoms with Crippen molar-refractivity contribution in [2.45, 2.75) is 0 Å². The first-order valence-electron chi connectivity index (χ1n) is 5.97. The maximum atomic E-state index is 12.4. The number of nitro groups is 1. The minimum absolute atomic E-state index is 0.0234. The fraction of sp³-hybridized carbons (Fsp3) is 0.0714. The van der Waals surface area contributed by atoms with Crippen LogP contribution in [0.5, 0.6) is 0 Å². The van der Waals surface area contributed by atoms with Crippen molar-refractivity contribution in [3.63, 3.8) is 0 Å². The van der Waals surface area contributed by atoms with E-state index in [0.717, 1.165) is 0 Å². The van der Waals surface area contributed by atoms with Crippen molar-refractivity contribution in [1.29, 1.82) is 0 Å². The van der Waals surface area contributed by atoms with Crippen LogP contribution >= 0.6 is 15.9 Å². The van der Waals surface area contributed by atoms with E-state index in [1.165, 1.54) is 29.2 Å². The lowest BCUT2D eigenvalue weighted by Gasteiger charge is -2.18. The molecular formula is C14H12BrN3O3. The minimum atomic E-state index is -0.486. The van der Waals surface area contributed by atoms with E-state index in [4.69, 9.17) is 5.73 Å². The maximum Gasteiger partial charge on any atom is 0.269 e. The number of benzene rings is 2. The number of anilines is 2. The molecule has 2 aromatic carbocycles. The van der Waals surface area contributed by atoms with Gasteiger partial charge in [-0.2, -0.15) is 0 Å². The molecule has 1 amide bonds. The van der Waals surface area contributed by atoms with Gasteiger partial charge in [-0.15, -0.1) is 0 Å². The van der Waals surface area contributed by atoms with Crippen molar-refractivity contribution in [2.75, 3.05) is 17.7 Å². The van der Waals surface area contributed by atoms with E-state index in [9.17, 15) is 14.9 Å². The number of carbonyl (C=O) groups excluding carboxylic acids is 1. The normalized spacial score (nSPS) is 10.2. The van der Waals surface area contributed by atoms with Gasteiger partial charge < -0.3 is 10.6 Å². The molecule has 0 radical (unpaired) electrons. The van der Waals surface area contributed by atoms with Crippen molar-refractivity contribution in [3.8, 4) is 0 Å². The van der Waals surface area contributed by atoms with Crippen LogP contribution in [0.3, 0.4) is 0 Å². The smallest absolute Gasteiger partial charge is 0.269 e. The summed E-state index contributed by atoms with van der Waals surface area (Å²) in [6, 6.07) is 10.7. The molecule has 0 bridgehead atoms. The standard InChI is InChI=1S/C14H12BrN3O3/c1-17(10-3-5-11(6-4-10)18(20)21)14(19)12-8-9(16)2-7-13(12)15/h2-8H,16H2,1H3. The van der Waals surface area contributed by atoms with Gasteiger partial charge in [0.2, 0.25) is 0 Å². The molecule has 2 rings (SSSR count). The fourth-order valence-electron chi connectivity index (χ4n) is 1.80. The van der Waals surface area contributed by atoms with Gasteiger partial charge in [-0.25, -0.2) is 0 Å². The van der Waals surface area contributed by atoms with Gasteiger partial charge in [-0.3, -0.25) is 14.9 Å². The fourth-order valence-corrected chi connectivity index (χ4v) is 2.22. The topological polar surface area (TPSA) is 89.5 Å². The number of nitrogen functional groups attached to an aromatic ring is 1. The molecule has 0 fully saturated rings. The van der Waals surface area contributed by atoms with Crippen molar-refractivity contribution in [1.82, 2.24) is 0 Å². The summed E-state index contributed by atoms with van der Waals surface area (Å²) in [5.41, 5.74) is 7.13. The summed E-state index contributed by atoms with van der Waals surface area (Å²) in [6.45, 7) is 0. The lowest BCUT2D eigenvalue weighted by Crippen LogP contribution is -2.26. The zero-order chi connectivity index (χ0) is 15.6. The van der Waals surface area contributed by atoms with E-state index in [1.54, 1.807) is 25.2 Å². The Morgan fingerprint density at radius 1 is 1.24 bits per heavy atom. The second-order valence-corrected chi connectivity index (χ2v) is 5.23. The molecule has 0 saturated carbocycles. The van der Waals surface area contributed by atoms with Crippen LogP contribution in [0.4, 0.5) is 17.1 Å². The highest BCUT2D eigenvalue weighted by Gasteiger charge is 2.17. The van der Waals surface area contributed by atoms with E-state index >= 15 is 0 Å². The summed E-state index contributed by atoms with van der Waals surface area (Å²) in [5, 5.41) is 10.6. The van der Waals surface area contributed by atoms with Gasteiger partial charge in [-0.1, -0.05) is 0 Å². The number of rotatable bonds is 3. The van der Waals surface area contributed by atoms with Crippen LogP contribution < -0.4 is 10.6 Å². The number of nitrogens with two attached hydrogens (primary N) is 1. The molecule has 0 spiro atoms. The average Bonchev–Trinajstić information content (AvgIpc) is 2.48. The summed E-state index contributed by atoms with van der Waals surface area (Å²) >= 11 is 3.31. The summed E-state index contributed by atoms with van der Waals surface area (Å²) in [4.78, 5) is 24.0. The Morgan fingerprint density at radius 2 is 1.86 bits per heavy atom. The monoisotopic (exact) mass is 349 g/mol. The number of halogens is 1. The molecule has 7 heteroatoms. The van der Waals surface area contributed by atoms with Crippen LogP contribution in [0.2, 0.25) is 0 Å². The molecular weight excluding hydrogens is 338 g/mol. The Balaban J connectivity index is 2.30. The van der Waals surface area contributed by atoms with Crippen LogP contribution in [-0.4, -0.2) is 17.9 Å². The van der Waals surface area contributed by atoms with Gasteiger partial charge >= 0.3 is 0 Å². The van der Waals surface area contributed by atoms with Gasteiger partial charge in [0.25, 0.3) is 11.6 Å². The zero-order valence-corrected chi connectivity index (χ0v) is 12.7. The Morgan fingerprint density at radius 3 is 2.43 bits per heavy atom. The number of non-ortho nitro benzene ring substituents is 1. The molecule has 0 unspecified atom stereocenters. The van der Waals surface area contributed by atoms with E-state index < -0.39 is 4.92 Å². The molecule has 0 aliphatic rings. The van der Waals surface area contributed by atoms with Crippen molar-refractivity contribution in [2.24, 2.45) is 0 Å². The first-order valence-corrected chi connectivity index (χ1v) is 6.77. The van der Waals surface area contributed by atoms with E-state index in [-0.39, 0.29) is 11.6 Å². The first kappa shape index (κ1) is 15.0. The molecule has 2 N–H and O–H groups in total. The quantitative estimate of drug-likeness (QED) is 0.523. The summed E-state index contributed by atoms with van der Waals surface area (Å²) < 4.78 is 0.635. The lowest BCUT2D eigenvalue weighted by atomic mass is 10.1. The number of hydrogen-bond acceptors (Lipinski definition) is 4. The molecule has 0 aliphatic heterocycles. The zero-order valence-electron chi connectivity index (χ0n) is 11.1. The Labute approximate surface area is 129 Å². The Hall–Kier alpha value is -2.41. The summed E-state index contributed by atoms with van der Waals surface area (Å²) in [7, 11) is 1.60. The van der Waals surface area contributed by atoms with E-state index in [0.29, 0.717) is 21.4 Å². The second kappa shape index (κ2) is 5.92. The van der Waals surface area contributed by atoms with E-state index in [2.05, 4.69) is 15.9 Å². The molecule has 2 aromatic rings. The highest BCUT2D eigenvalue weighted by molar-refractivity contribution is 9.10. The third-order valence-electron chi connectivity index (χ3n) is 2.97. The van der Waals surface area contributed by atoms with Gasteiger partial charge in [0.05, 0.1) is 10.5 Å². The molecule has 21 heavy (non-hydrogen) atoms. The molecule has 6 nitrogen and oxygen atoms in total. The van der Waals surface area contributed by atoms with Crippen LogP contribution in [0.25, 0.3) is 0 Å². The van der Waals surface area contributed by atoms with Crippen LogP contribution in [0.15, 0.2) is 46.9 Å². The minimum Gasteiger partial charge on any atom is -0.399 e. The number of amides is 1. The first-order chi connectivity index (χ1) is 9.90. The predicted octanol–water partition coefficient (Wildman–Crippen LogP) is 3.22. The Kier molecular flexibility index (Phi) is 4.23. The highest BCUT2D eigenvalue weighted by atomic mass is 79.9. The van der Waals surface area contributed by atoms with Crippen LogP contribution in [0.1, 0.15) is 10.4 Å². The third-order valence-corrected chi connectivity index (χ3v) is 3.66. The van der Waals surface area contributed by atoms with Gasteiger partial charge in [-0.05, 0) is 46.3 Å². The predicted molar refractivity (Wildman–Crippen MR) is 84.4 cm³/mol. The largest absolute Gasteiger partial charge is 0.399 e. The molecule has 0 saturated heterocycles. The SMILES string of the molecule is CN(C(=O)c1cc(N)ccc1Br)c1ccc([N+](=O)[O-])cc1. The van der Waals surface area contributed by atoms with Crippen molar-refractivity contribution >= 4 is 38.9 Å². The van der Waals surface area contributed by atoms with Gasteiger partial charge in [0, 0.05) is 35.0 Å². The molecule has 0 aliphatic carbocycles. The molecule has 0 aromatic heterocycles. The average molecular weight is 350 g/mol. The lowest BCUT2D eigenvalue weighted by molar-refractivity contribution is -0.384. The summed E-state index contributed by atoms with van der Waals surface area (Å²) in [6.07, 6.45) is 0. The van der Waals surface area contributed by atoms with Crippen LogP contribution in [-0.2, 0) is 0 Å². The van der Waals surface area contributed by atoms with Crippen LogP contribution in [0, 0.1) is 10.1 Å². The third kappa shape index (κ3) is 3.19. The van der Waals surface area contributed by atoms with Crippen molar-refractivity contribution < 1.29 is 9.72 Å². The van der Waals surface area contributed by atoms with Crippen molar-refractivity contribution in [3.05, 3.63) is 62.6 Å². The Bertz CT molecular complexity index is 701. The van der Waals surface area contributed by atoms with Gasteiger partial charge in [0.15, 0.2) is 0 Å². The molecule has 0 atom stereocenters. The van der Waals surface area contributed by atoms with Gasteiger partial charge in [0.1, 0.15) is 0 Å². The maximum absolute atomic E-state index is 12.4. The molecule has 0 heterocycles. The second-order valence-electron chi connectivity index (χ2n) is 4.38. The summed E-state index contributed by atoms with van der Waals surface area (Å²) in [5.74, 6) is -0.261.